The largest absolute Gasteiger partial charge is 0.497 e. The summed E-state index contributed by atoms with van der Waals surface area (Å²) < 4.78 is 5.21. The highest BCUT2D eigenvalue weighted by Gasteiger charge is 2.17. The lowest BCUT2D eigenvalue weighted by Crippen LogP contribution is -2.09. The van der Waals surface area contributed by atoms with Crippen LogP contribution in [-0.2, 0) is 12.0 Å². The molecule has 0 aliphatic heterocycles. The van der Waals surface area contributed by atoms with Crippen LogP contribution in [0.3, 0.4) is 0 Å². The van der Waals surface area contributed by atoms with Crippen molar-refractivity contribution in [3.63, 3.8) is 0 Å². The zero-order chi connectivity index (χ0) is 13.9. The normalized spacial score (nSPS) is 11.4. The van der Waals surface area contributed by atoms with Crippen LogP contribution < -0.4 is 10.1 Å². The van der Waals surface area contributed by atoms with Crippen molar-refractivity contribution in [1.82, 2.24) is 4.98 Å². The molecule has 0 fully saturated rings. The molecule has 4 heteroatoms. The molecule has 1 aromatic heterocycles. The van der Waals surface area contributed by atoms with Crippen LogP contribution in [0.15, 0.2) is 30.5 Å². The SMILES string of the molecule is COc1cccc(NCc2cnc(C(C)(C)C)s2)c1. The molecule has 0 aliphatic carbocycles. The number of benzene rings is 1. The van der Waals surface area contributed by atoms with Crippen LogP contribution in [0.25, 0.3) is 0 Å². The number of anilines is 1. The Balaban J connectivity index is 2.00. The van der Waals surface area contributed by atoms with Gasteiger partial charge >= 0.3 is 0 Å². The number of hydrogen-bond donors (Lipinski definition) is 1. The molecule has 3 nitrogen and oxygen atoms in total. The first-order valence-corrected chi connectivity index (χ1v) is 7.14. The standard InChI is InChI=1S/C15H20N2OS/c1-15(2,3)14-17-10-13(19-14)9-16-11-6-5-7-12(8-11)18-4/h5-8,10,16H,9H2,1-4H3. The first kappa shape index (κ1) is 13.9. The van der Waals surface area contributed by atoms with Gasteiger partial charge in [0.15, 0.2) is 0 Å². The third-order valence-corrected chi connectivity index (χ3v) is 4.15. The van der Waals surface area contributed by atoms with Crippen molar-refractivity contribution in [2.24, 2.45) is 0 Å². The van der Waals surface area contributed by atoms with E-state index in [4.69, 9.17) is 4.74 Å². The number of methoxy groups -OCH3 is 1. The molecule has 0 radical (unpaired) electrons. The van der Waals surface area contributed by atoms with E-state index in [1.807, 2.05) is 30.5 Å². The first-order valence-electron chi connectivity index (χ1n) is 6.32. The van der Waals surface area contributed by atoms with Gasteiger partial charge in [-0.15, -0.1) is 11.3 Å². The van der Waals surface area contributed by atoms with E-state index in [0.29, 0.717) is 0 Å². The third kappa shape index (κ3) is 3.70. The molecule has 0 saturated heterocycles. The molecule has 0 aliphatic rings. The predicted molar refractivity (Wildman–Crippen MR) is 81.1 cm³/mol. The lowest BCUT2D eigenvalue weighted by molar-refractivity contribution is 0.415. The molecular weight excluding hydrogens is 256 g/mol. The fourth-order valence-electron chi connectivity index (χ4n) is 1.66. The van der Waals surface area contributed by atoms with Gasteiger partial charge in [0.2, 0.25) is 0 Å². The smallest absolute Gasteiger partial charge is 0.120 e. The van der Waals surface area contributed by atoms with Gasteiger partial charge in [-0.2, -0.15) is 0 Å². The molecule has 2 aromatic rings. The quantitative estimate of drug-likeness (QED) is 0.914. The Morgan fingerprint density at radius 1 is 1.32 bits per heavy atom. The summed E-state index contributed by atoms with van der Waals surface area (Å²) in [6.07, 6.45) is 1.96. The summed E-state index contributed by atoms with van der Waals surface area (Å²) in [7, 11) is 1.68. The number of nitrogens with one attached hydrogen (secondary N) is 1. The topological polar surface area (TPSA) is 34.1 Å². The summed E-state index contributed by atoms with van der Waals surface area (Å²) in [4.78, 5) is 5.73. The van der Waals surface area contributed by atoms with E-state index in [0.717, 1.165) is 18.0 Å². The van der Waals surface area contributed by atoms with Crippen LogP contribution in [0.1, 0.15) is 30.7 Å². The molecule has 1 heterocycles. The Morgan fingerprint density at radius 2 is 2.11 bits per heavy atom. The van der Waals surface area contributed by atoms with Crippen molar-refractivity contribution < 1.29 is 4.74 Å². The molecule has 0 bridgehead atoms. The van der Waals surface area contributed by atoms with Gasteiger partial charge in [0.25, 0.3) is 0 Å². The van der Waals surface area contributed by atoms with Crippen LogP contribution in [-0.4, -0.2) is 12.1 Å². The van der Waals surface area contributed by atoms with E-state index in [1.54, 1.807) is 18.4 Å². The van der Waals surface area contributed by atoms with Crippen LogP contribution in [0, 0.1) is 0 Å². The Kier molecular flexibility index (Phi) is 4.10. The second-order valence-electron chi connectivity index (χ2n) is 5.47. The van der Waals surface area contributed by atoms with Gasteiger partial charge in [-0.05, 0) is 12.1 Å². The highest BCUT2D eigenvalue weighted by molar-refractivity contribution is 7.11. The predicted octanol–water partition coefficient (Wildman–Crippen LogP) is 4.06. The van der Waals surface area contributed by atoms with Gasteiger partial charge in [0.05, 0.1) is 18.7 Å². The molecule has 0 unspecified atom stereocenters. The Bertz CT molecular complexity index is 543. The van der Waals surface area contributed by atoms with E-state index in [2.05, 4.69) is 31.1 Å². The number of thiazole rings is 1. The minimum Gasteiger partial charge on any atom is -0.497 e. The van der Waals surface area contributed by atoms with E-state index in [-0.39, 0.29) is 5.41 Å². The molecular formula is C15H20N2OS. The zero-order valence-electron chi connectivity index (χ0n) is 11.9. The minimum atomic E-state index is 0.124. The van der Waals surface area contributed by atoms with Crippen LogP contribution >= 0.6 is 11.3 Å². The van der Waals surface area contributed by atoms with E-state index < -0.39 is 0 Å². The summed E-state index contributed by atoms with van der Waals surface area (Å²) in [5.74, 6) is 0.865. The van der Waals surface area contributed by atoms with Crippen LogP contribution in [0.5, 0.6) is 5.75 Å². The maximum absolute atomic E-state index is 5.21. The van der Waals surface area contributed by atoms with Gasteiger partial charge in [-0.1, -0.05) is 26.8 Å². The van der Waals surface area contributed by atoms with Crippen molar-refractivity contribution in [1.29, 1.82) is 0 Å². The number of rotatable bonds is 4. The average molecular weight is 276 g/mol. The zero-order valence-corrected chi connectivity index (χ0v) is 12.7. The second-order valence-corrected chi connectivity index (χ2v) is 6.58. The molecule has 2 rings (SSSR count). The van der Waals surface area contributed by atoms with E-state index >= 15 is 0 Å². The Hall–Kier alpha value is -1.55. The minimum absolute atomic E-state index is 0.124. The summed E-state index contributed by atoms with van der Waals surface area (Å²) in [5.41, 5.74) is 1.18. The number of aromatic nitrogens is 1. The van der Waals surface area contributed by atoms with Crippen LogP contribution in [0.4, 0.5) is 5.69 Å². The average Bonchev–Trinajstić information content (AvgIpc) is 2.85. The number of ether oxygens (including phenoxy) is 1. The van der Waals surface area contributed by atoms with Gasteiger partial charge in [-0.25, -0.2) is 4.98 Å². The maximum atomic E-state index is 5.21. The summed E-state index contributed by atoms with van der Waals surface area (Å²) >= 11 is 1.76. The molecule has 0 spiro atoms. The van der Waals surface area contributed by atoms with Gasteiger partial charge in [-0.3, -0.25) is 0 Å². The lowest BCUT2D eigenvalue weighted by Gasteiger charge is -2.13. The van der Waals surface area contributed by atoms with Crippen molar-refractivity contribution in [3.8, 4) is 5.75 Å². The molecule has 1 aromatic carbocycles. The third-order valence-electron chi connectivity index (χ3n) is 2.73. The van der Waals surface area contributed by atoms with Crippen LogP contribution in [0.2, 0.25) is 0 Å². The van der Waals surface area contributed by atoms with Crippen molar-refractivity contribution in [2.45, 2.75) is 32.7 Å². The van der Waals surface area contributed by atoms with Crippen molar-refractivity contribution in [2.75, 3.05) is 12.4 Å². The fourth-order valence-corrected chi connectivity index (χ4v) is 2.57. The summed E-state index contributed by atoms with van der Waals surface area (Å²) in [5, 5.41) is 4.57. The number of hydrogen-bond acceptors (Lipinski definition) is 4. The number of nitrogens with zero attached hydrogens (tertiary/aromatic N) is 1. The van der Waals surface area contributed by atoms with Crippen molar-refractivity contribution >= 4 is 17.0 Å². The highest BCUT2D eigenvalue weighted by atomic mass is 32.1. The molecule has 0 atom stereocenters. The van der Waals surface area contributed by atoms with Gasteiger partial charge in [0.1, 0.15) is 5.75 Å². The monoisotopic (exact) mass is 276 g/mol. The van der Waals surface area contributed by atoms with Crippen molar-refractivity contribution in [3.05, 3.63) is 40.3 Å². The summed E-state index contributed by atoms with van der Waals surface area (Å²) in [6, 6.07) is 7.95. The second kappa shape index (κ2) is 5.61. The van der Waals surface area contributed by atoms with Gasteiger partial charge in [0, 0.05) is 28.2 Å². The Morgan fingerprint density at radius 3 is 2.74 bits per heavy atom. The molecule has 19 heavy (non-hydrogen) atoms. The van der Waals surface area contributed by atoms with E-state index in [9.17, 15) is 0 Å². The maximum Gasteiger partial charge on any atom is 0.120 e. The Labute approximate surface area is 118 Å². The van der Waals surface area contributed by atoms with E-state index in [1.165, 1.54) is 9.88 Å². The first-order chi connectivity index (χ1) is 8.99. The summed E-state index contributed by atoms with van der Waals surface area (Å²) in [6.45, 7) is 7.35. The lowest BCUT2D eigenvalue weighted by atomic mass is 9.98. The highest BCUT2D eigenvalue weighted by Crippen LogP contribution is 2.27. The fraction of sp³-hybridized carbons (Fsp3) is 0.400. The van der Waals surface area contributed by atoms with Gasteiger partial charge < -0.3 is 10.1 Å². The molecule has 0 amide bonds. The molecule has 1 N–H and O–H groups in total. The molecule has 0 saturated carbocycles. The molecule has 102 valence electrons.